The predicted molar refractivity (Wildman–Crippen MR) is 96.8 cm³/mol. The molecule has 0 aliphatic carbocycles. The molecular formula is C17H23ClN2O6. The fourth-order valence-corrected chi connectivity index (χ4v) is 2.53. The van der Waals surface area contributed by atoms with Gasteiger partial charge in [-0.3, -0.25) is 4.79 Å². The number of ether oxygens (including phenoxy) is 3. The monoisotopic (exact) mass is 386 g/mol. The molecule has 1 atom stereocenters. The van der Waals surface area contributed by atoms with Crippen LogP contribution in [0.2, 0.25) is 0 Å². The van der Waals surface area contributed by atoms with Gasteiger partial charge in [0, 0.05) is 18.8 Å². The van der Waals surface area contributed by atoms with Gasteiger partial charge in [0.2, 0.25) is 5.91 Å². The Hall–Kier alpha value is -2.16. The first-order chi connectivity index (χ1) is 12.0. The van der Waals surface area contributed by atoms with Crippen molar-refractivity contribution in [3.05, 3.63) is 29.3 Å². The highest BCUT2D eigenvalue weighted by Gasteiger charge is 2.17. The van der Waals surface area contributed by atoms with Crippen LogP contribution in [0.4, 0.5) is 5.69 Å². The fraction of sp³-hybridized carbons (Fsp3) is 0.471. The molecule has 1 amide bonds. The number of esters is 2. The molecule has 1 heterocycles. The molecule has 1 unspecified atom stereocenters. The maximum absolute atomic E-state index is 12.0. The lowest BCUT2D eigenvalue weighted by Crippen LogP contribution is -2.33. The molecule has 1 aromatic carbocycles. The maximum Gasteiger partial charge on any atom is 0.337 e. The Morgan fingerprint density at radius 3 is 2.23 bits per heavy atom. The summed E-state index contributed by atoms with van der Waals surface area (Å²) in [7, 11) is 2.47. The average Bonchev–Trinajstić information content (AvgIpc) is 3.13. The Labute approximate surface area is 158 Å². The zero-order valence-corrected chi connectivity index (χ0v) is 15.5. The van der Waals surface area contributed by atoms with Gasteiger partial charge in [-0.15, -0.1) is 12.4 Å². The fourth-order valence-electron chi connectivity index (χ4n) is 2.53. The highest BCUT2D eigenvalue weighted by molar-refractivity contribution is 5.99. The summed E-state index contributed by atoms with van der Waals surface area (Å²) in [5.74, 6) is -1.52. The van der Waals surface area contributed by atoms with Gasteiger partial charge in [0.05, 0.1) is 38.0 Å². The van der Waals surface area contributed by atoms with Crippen LogP contribution in [-0.2, 0) is 19.0 Å². The Balaban J connectivity index is 0.00000338. The zero-order chi connectivity index (χ0) is 18.2. The standard InChI is InChI=1S/C17H22N2O6.ClH/c1-23-16(21)11-6-12(17(22)24-2)8-13(7-11)19-15(20)10-18-9-14-4-3-5-25-14;/h6-8,14,18H,3-5,9-10H2,1-2H3,(H,19,20);1H. The van der Waals surface area contributed by atoms with E-state index in [-0.39, 0.29) is 42.1 Å². The smallest absolute Gasteiger partial charge is 0.337 e. The van der Waals surface area contributed by atoms with Crippen LogP contribution >= 0.6 is 12.4 Å². The van der Waals surface area contributed by atoms with E-state index in [1.807, 2.05) is 0 Å². The molecule has 1 saturated heterocycles. The second-order valence-corrected chi connectivity index (χ2v) is 5.60. The van der Waals surface area contributed by atoms with Gasteiger partial charge in [0.25, 0.3) is 0 Å². The molecule has 0 spiro atoms. The molecule has 26 heavy (non-hydrogen) atoms. The Kier molecular flexibility index (Phi) is 9.04. The third-order valence-corrected chi connectivity index (χ3v) is 3.74. The summed E-state index contributed by atoms with van der Waals surface area (Å²) in [4.78, 5) is 35.5. The second-order valence-electron chi connectivity index (χ2n) is 5.60. The minimum atomic E-state index is -0.613. The minimum absolute atomic E-state index is 0. The Bertz CT molecular complexity index is 612. The van der Waals surface area contributed by atoms with E-state index in [0.29, 0.717) is 12.2 Å². The molecule has 8 nitrogen and oxygen atoms in total. The quantitative estimate of drug-likeness (QED) is 0.682. The molecule has 2 rings (SSSR count). The van der Waals surface area contributed by atoms with Crippen LogP contribution in [0.1, 0.15) is 33.6 Å². The number of nitrogens with one attached hydrogen (secondary N) is 2. The molecule has 0 aromatic heterocycles. The summed E-state index contributed by atoms with van der Waals surface area (Å²) in [6, 6.07) is 4.23. The minimum Gasteiger partial charge on any atom is -0.465 e. The first-order valence-corrected chi connectivity index (χ1v) is 7.97. The number of halogens is 1. The van der Waals surface area contributed by atoms with Gasteiger partial charge in [-0.2, -0.15) is 0 Å². The predicted octanol–water partition coefficient (Wildman–Crippen LogP) is 1.39. The van der Waals surface area contributed by atoms with E-state index < -0.39 is 11.9 Å². The van der Waals surface area contributed by atoms with Crippen LogP contribution in [0.15, 0.2) is 18.2 Å². The molecule has 1 aromatic rings. The summed E-state index contributed by atoms with van der Waals surface area (Å²) < 4.78 is 14.8. The summed E-state index contributed by atoms with van der Waals surface area (Å²) in [5.41, 5.74) is 0.605. The van der Waals surface area contributed by atoms with E-state index in [4.69, 9.17) is 4.74 Å². The normalized spacial score (nSPS) is 15.7. The van der Waals surface area contributed by atoms with Crippen molar-refractivity contribution >= 4 is 35.9 Å². The van der Waals surface area contributed by atoms with E-state index in [2.05, 4.69) is 20.1 Å². The molecule has 1 fully saturated rings. The van der Waals surface area contributed by atoms with E-state index in [9.17, 15) is 14.4 Å². The molecule has 0 saturated carbocycles. The lowest BCUT2D eigenvalue weighted by atomic mass is 10.1. The highest BCUT2D eigenvalue weighted by Crippen LogP contribution is 2.17. The molecule has 0 bridgehead atoms. The number of amides is 1. The van der Waals surface area contributed by atoms with Gasteiger partial charge in [-0.1, -0.05) is 0 Å². The van der Waals surface area contributed by atoms with Crippen LogP contribution in [0, 0.1) is 0 Å². The number of anilines is 1. The molecule has 1 aliphatic heterocycles. The van der Waals surface area contributed by atoms with E-state index in [0.717, 1.165) is 19.4 Å². The zero-order valence-electron chi connectivity index (χ0n) is 14.7. The Morgan fingerprint density at radius 2 is 1.73 bits per heavy atom. The maximum atomic E-state index is 12.0. The van der Waals surface area contributed by atoms with Gasteiger partial charge >= 0.3 is 11.9 Å². The number of rotatable bonds is 7. The van der Waals surface area contributed by atoms with Crippen molar-refractivity contribution in [1.29, 1.82) is 0 Å². The van der Waals surface area contributed by atoms with Crippen molar-refractivity contribution in [2.75, 3.05) is 39.2 Å². The first-order valence-electron chi connectivity index (χ1n) is 7.97. The number of carbonyl (C=O) groups excluding carboxylic acids is 3. The van der Waals surface area contributed by atoms with Crippen molar-refractivity contribution < 1.29 is 28.6 Å². The third-order valence-electron chi connectivity index (χ3n) is 3.74. The molecular weight excluding hydrogens is 364 g/mol. The first kappa shape index (κ1) is 21.9. The van der Waals surface area contributed by atoms with Gasteiger partial charge in [-0.25, -0.2) is 9.59 Å². The van der Waals surface area contributed by atoms with Gasteiger partial charge in [0.1, 0.15) is 0 Å². The number of hydrogen-bond acceptors (Lipinski definition) is 7. The van der Waals surface area contributed by atoms with Crippen molar-refractivity contribution in [1.82, 2.24) is 5.32 Å². The Morgan fingerprint density at radius 1 is 1.12 bits per heavy atom. The molecule has 0 radical (unpaired) electrons. The largest absolute Gasteiger partial charge is 0.465 e. The lowest BCUT2D eigenvalue weighted by molar-refractivity contribution is -0.115. The van der Waals surface area contributed by atoms with Crippen LogP contribution < -0.4 is 10.6 Å². The summed E-state index contributed by atoms with van der Waals surface area (Å²) in [5, 5.41) is 5.67. The molecule has 144 valence electrons. The van der Waals surface area contributed by atoms with Gasteiger partial charge < -0.3 is 24.8 Å². The molecule has 9 heteroatoms. The summed E-state index contributed by atoms with van der Waals surface area (Å²) in [6.07, 6.45) is 2.16. The van der Waals surface area contributed by atoms with Gasteiger partial charge in [0.15, 0.2) is 0 Å². The van der Waals surface area contributed by atoms with E-state index in [1.165, 1.54) is 32.4 Å². The second kappa shape index (κ2) is 10.7. The van der Waals surface area contributed by atoms with E-state index in [1.54, 1.807) is 0 Å². The molecule has 1 aliphatic rings. The number of benzene rings is 1. The van der Waals surface area contributed by atoms with Crippen LogP contribution in [-0.4, -0.2) is 57.9 Å². The number of carbonyl (C=O) groups is 3. The number of hydrogen-bond donors (Lipinski definition) is 2. The SMILES string of the molecule is COC(=O)c1cc(NC(=O)CNCC2CCCO2)cc(C(=O)OC)c1.Cl. The third kappa shape index (κ3) is 6.29. The average molecular weight is 387 g/mol. The summed E-state index contributed by atoms with van der Waals surface area (Å²) in [6.45, 7) is 1.45. The van der Waals surface area contributed by atoms with E-state index >= 15 is 0 Å². The topological polar surface area (TPSA) is 103 Å². The lowest BCUT2D eigenvalue weighted by Gasteiger charge is -2.12. The van der Waals surface area contributed by atoms with Crippen LogP contribution in [0.25, 0.3) is 0 Å². The molecule has 2 N–H and O–H groups in total. The van der Waals surface area contributed by atoms with Crippen LogP contribution in [0.3, 0.4) is 0 Å². The van der Waals surface area contributed by atoms with Crippen molar-refractivity contribution in [2.24, 2.45) is 0 Å². The number of methoxy groups -OCH3 is 2. The highest BCUT2D eigenvalue weighted by atomic mass is 35.5. The summed E-state index contributed by atoms with van der Waals surface area (Å²) >= 11 is 0. The van der Waals surface area contributed by atoms with Crippen molar-refractivity contribution in [3.63, 3.8) is 0 Å². The van der Waals surface area contributed by atoms with Crippen molar-refractivity contribution in [2.45, 2.75) is 18.9 Å². The van der Waals surface area contributed by atoms with Crippen molar-refractivity contribution in [3.8, 4) is 0 Å². The van der Waals surface area contributed by atoms with Gasteiger partial charge in [-0.05, 0) is 31.0 Å². The van der Waals surface area contributed by atoms with Crippen LogP contribution in [0.5, 0.6) is 0 Å².